The van der Waals surface area contributed by atoms with E-state index < -0.39 is 0 Å². The quantitative estimate of drug-likeness (QED) is 0.704. The predicted molar refractivity (Wildman–Crippen MR) is 60.6 cm³/mol. The fourth-order valence-corrected chi connectivity index (χ4v) is 1.62. The van der Waals surface area contributed by atoms with E-state index in [1.165, 1.54) is 12.8 Å². The molecule has 0 saturated heterocycles. The third-order valence-electron chi connectivity index (χ3n) is 2.44. The molecule has 0 amide bonds. The first-order valence-electron chi connectivity index (χ1n) is 4.96. The number of tetrazole rings is 1. The fourth-order valence-electron chi connectivity index (χ4n) is 1.53. The molecular weight excluding hydrogens is 212 g/mol. The van der Waals surface area contributed by atoms with Crippen LogP contribution in [-0.2, 0) is 7.05 Å². The Kier molecular flexibility index (Phi) is 2.81. The summed E-state index contributed by atoms with van der Waals surface area (Å²) < 4.78 is 1.68. The summed E-state index contributed by atoms with van der Waals surface area (Å²) in [6.07, 6.45) is 3.10. The number of aryl methyl sites for hydroxylation is 1. The van der Waals surface area contributed by atoms with Crippen LogP contribution in [0.25, 0.3) is 0 Å². The van der Waals surface area contributed by atoms with E-state index in [1.54, 1.807) is 4.68 Å². The molecule has 1 saturated carbocycles. The molecule has 0 aromatic carbocycles. The van der Waals surface area contributed by atoms with E-state index in [2.05, 4.69) is 20.4 Å². The second kappa shape index (κ2) is 4.09. The van der Waals surface area contributed by atoms with Gasteiger partial charge in [0, 0.05) is 26.1 Å². The van der Waals surface area contributed by atoms with Gasteiger partial charge in [-0.1, -0.05) is 17.3 Å². The van der Waals surface area contributed by atoms with E-state index in [1.807, 2.05) is 7.05 Å². The van der Waals surface area contributed by atoms with E-state index in [4.69, 9.17) is 18.0 Å². The lowest BCUT2D eigenvalue weighted by molar-refractivity contribution is 0.677. The maximum absolute atomic E-state index is 5.50. The van der Waals surface area contributed by atoms with Gasteiger partial charge < -0.3 is 10.6 Å². The maximum Gasteiger partial charge on any atom is 0.245 e. The van der Waals surface area contributed by atoms with Crippen molar-refractivity contribution in [2.45, 2.75) is 25.3 Å². The first-order chi connectivity index (χ1) is 7.18. The average molecular weight is 226 g/mol. The summed E-state index contributed by atoms with van der Waals surface area (Å²) >= 11 is 4.88. The van der Waals surface area contributed by atoms with Crippen LogP contribution < -0.4 is 10.6 Å². The molecular formula is C8H14N6S. The Bertz CT molecular complexity index is 358. The van der Waals surface area contributed by atoms with Crippen molar-refractivity contribution in [3.8, 4) is 0 Å². The summed E-state index contributed by atoms with van der Waals surface area (Å²) in [4.78, 5) is 2.72. The number of aromatic nitrogens is 4. The summed E-state index contributed by atoms with van der Waals surface area (Å²) in [7, 11) is 1.84. The largest absolute Gasteiger partial charge is 0.393 e. The molecule has 0 aliphatic heterocycles. The Morgan fingerprint density at radius 2 is 2.40 bits per heavy atom. The highest BCUT2D eigenvalue weighted by Crippen LogP contribution is 2.29. The molecule has 2 N–H and O–H groups in total. The van der Waals surface area contributed by atoms with Crippen molar-refractivity contribution in [2.75, 3.05) is 11.4 Å². The monoisotopic (exact) mass is 226 g/mol. The van der Waals surface area contributed by atoms with E-state index in [9.17, 15) is 0 Å². The van der Waals surface area contributed by atoms with Gasteiger partial charge in [-0.25, -0.2) is 4.68 Å². The van der Waals surface area contributed by atoms with E-state index in [-0.39, 0.29) is 0 Å². The van der Waals surface area contributed by atoms with Crippen molar-refractivity contribution >= 4 is 23.2 Å². The van der Waals surface area contributed by atoms with Crippen LogP contribution in [0.3, 0.4) is 0 Å². The molecule has 15 heavy (non-hydrogen) atoms. The maximum atomic E-state index is 5.50. The Morgan fingerprint density at radius 1 is 1.67 bits per heavy atom. The van der Waals surface area contributed by atoms with Crippen molar-refractivity contribution in [3.63, 3.8) is 0 Å². The number of thiocarbonyl (C=S) groups is 1. The van der Waals surface area contributed by atoms with Gasteiger partial charge in [-0.3, -0.25) is 0 Å². The normalized spacial score (nSPS) is 15.3. The van der Waals surface area contributed by atoms with Gasteiger partial charge >= 0.3 is 0 Å². The molecule has 1 aliphatic rings. The standard InChI is InChI=1S/C8H14N6S/c1-13-8(10-11-12-13)14(6-2-3-6)5-4-7(9)15/h6H,2-5H2,1H3,(H2,9,15). The predicted octanol–water partition coefficient (Wildman–Crippen LogP) is -0.145. The van der Waals surface area contributed by atoms with Gasteiger partial charge in [0.05, 0.1) is 4.99 Å². The minimum Gasteiger partial charge on any atom is -0.393 e. The highest BCUT2D eigenvalue weighted by Gasteiger charge is 2.31. The number of rotatable bonds is 5. The minimum absolute atomic E-state index is 0.538. The summed E-state index contributed by atoms with van der Waals surface area (Å²) in [6, 6.07) is 0.559. The number of nitrogens with two attached hydrogens (primary N) is 1. The molecule has 0 radical (unpaired) electrons. The smallest absolute Gasteiger partial charge is 0.245 e. The first-order valence-corrected chi connectivity index (χ1v) is 5.36. The second-order valence-corrected chi connectivity index (χ2v) is 4.27. The zero-order valence-corrected chi connectivity index (χ0v) is 9.44. The molecule has 0 unspecified atom stereocenters. The fraction of sp³-hybridized carbons (Fsp3) is 0.750. The lowest BCUT2D eigenvalue weighted by atomic mass is 10.4. The number of hydrogen-bond acceptors (Lipinski definition) is 5. The topological polar surface area (TPSA) is 72.9 Å². The molecule has 1 fully saturated rings. The van der Waals surface area contributed by atoms with E-state index in [0.29, 0.717) is 17.5 Å². The molecule has 0 atom stereocenters. The van der Waals surface area contributed by atoms with Crippen molar-refractivity contribution in [1.82, 2.24) is 20.2 Å². The van der Waals surface area contributed by atoms with Crippen molar-refractivity contribution < 1.29 is 0 Å². The minimum atomic E-state index is 0.538. The Labute approximate surface area is 93.4 Å². The van der Waals surface area contributed by atoms with Gasteiger partial charge in [-0.2, -0.15) is 0 Å². The zero-order valence-electron chi connectivity index (χ0n) is 8.63. The number of anilines is 1. The summed E-state index contributed by atoms with van der Waals surface area (Å²) in [5.74, 6) is 0.800. The number of nitrogens with zero attached hydrogens (tertiary/aromatic N) is 5. The summed E-state index contributed by atoms with van der Waals surface area (Å²) in [5, 5.41) is 11.5. The van der Waals surface area contributed by atoms with Crippen LogP contribution in [0.1, 0.15) is 19.3 Å². The third-order valence-corrected chi connectivity index (χ3v) is 2.65. The van der Waals surface area contributed by atoms with Crippen LogP contribution in [0.4, 0.5) is 5.95 Å². The van der Waals surface area contributed by atoms with Crippen LogP contribution in [0.2, 0.25) is 0 Å². The van der Waals surface area contributed by atoms with Gasteiger partial charge in [0.2, 0.25) is 5.95 Å². The second-order valence-electron chi connectivity index (χ2n) is 3.74. The molecule has 7 heteroatoms. The van der Waals surface area contributed by atoms with Gasteiger partial charge in [-0.05, 0) is 23.3 Å². The number of hydrogen-bond donors (Lipinski definition) is 1. The average Bonchev–Trinajstić information content (AvgIpc) is 2.92. The van der Waals surface area contributed by atoms with Crippen molar-refractivity contribution in [2.24, 2.45) is 12.8 Å². The molecule has 1 aromatic rings. The molecule has 1 heterocycles. The molecule has 1 aliphatic carbocycles. The first kappa shape index (κ1) is 10.3. The Hall–Kier alpha value is -1.24. The van der Waals surface area contributed by atoms with Gasteiger partial charge in [0.15, 0.2) is 0 Å². The van der Waals surface area contributed by atoms with Crippen LogP contribution in [0.5, 0.6) is 0 Å². The van der Waals surface area contributed by atoms with Crippen LogP contribution >= 0.6 is 12.2 Å². The van der Waals surface area contributed by atoms with Crippen molar-refractivity contribution in [3.05, 3.63) is 0 Å². The van der Waals surface area contributed by atoms with Crippen LogP contribution in [-0.4, -0.2) is 37.8 Å². The summed E-state index contributed by atoms with van der Waals surface area (Å²) in [6.45, 7) is 0.800. The SMILES string of the molecule is Cn1nnnc1N(CCC(N)=S)C1CC1. The van der Waals surface area contributed by atoms with Crippen LogP contribution in [0.15, 0.2) is 0 Å². The zero-order chi connectivity index (χ0) is 10.8. The Balaban J connectivity index is 2.06. The molecule has 0 spiro atoms. The van der Waals surface area contributed by atoms with E-state index in [0.717, 1.165) is 12.5 Å². The van der Waals surface area contributed by atoms with E-state index >= 15 is 0 Å². The van der Waals surface area contributed by atoms with Crippen LogP contribution in [0, 0.1) is 0 Å². The highest BCUT2D eigenvalue weighted by atomic mass is 32.1. The highest BCUT2D eigenvalue weighted by molar-refractivity contribution is 7.80. The Morgan fingerprint density at radius 3 is 2.87 bits per heavy atom. The van der Waals surface area contributed by atoms with Crippen molar-refractivity contribution in [1.29, 1.82) is 0 Å². The molecule has 82 valence electrons. The molecule has 1 aromatic heterocycles. The van der Waals surface area contributed by atoms with Gasteiger partial charge in [-0.15, -0.1) is 0 Å². The third kappa shape index (κ3) is 2.41. The lowest BCUT2D eigenvalue weighted by Crippen LogP contribution is -2.31. The molecule has 2 rings (SSSR count). The summed E-state index contributed by atoms with van der Waals surface area (Å²) in [5.41, 5.74) is 5.50. The molecule has 6 nitrogen and oxygen atoms in total. The van der Waals surface area contributed by atoms with Gasteiger partial charge in [0.25, 0.3) is 0 Å². The van der Waals surface area contributed by atoms with Gasteiger partial charge in [0.1, 0.15) is 0 Å². The molecule has 0 bridgehead atoms. The lowest BCUT2D eigenvalue weighted by Gasteiger charge is -2.21.